The molecule has 2 aromatic carbocycles. The van der Waals surface area contributed by atoms with Crippen LogP contribution in [0.5, 0.6) is 0 Å². The van der Waals surface area contributed by atoms with Gasteiger partial charge in [-0.15, -0.1) is 0 Å². The first kappa shape index (κ1) is 29.2. The lowest BCUT2D eigenvalue weighted by atomic mass is 10.1. The number of carbonyl (C=O) groups excluding carboxylic acids is 1. The van der Waals surface area contributed by atoms with Crippen LogP contribution in [0.3, 0.4) is 0 Å². The van der Waals surface area contributed by atoms with Gasteiger partial charge in [-0.25, -0.2) is 9.97 Å². The first-order valence-corrected chi connectivity index (χ1v) is 14.1. The van der Waals surface area contributed by atoms with Crippen molar-refractivity contribution in [3.8, 4) is 0 Å². The number of hydrogen-bond donors (Lipinski definition) is 4. The van der Waals surface area contributed by atoms with Gasteiger partial charge in [0.1, 0.15) is 11.6 Å². The van der Waals surface area contributed by atoms with E-state index in [0.717, 1.165) is 55.4 Å². The van der Waals surface area contributed by atoms with Gasteiger partial charge in [-0.05, 0) is 67.7 Å². The number of H-pyrrole nitrogens is 2. The summed E-state index contributed by atoms with van der Waals surface area (Å²) in [7, 11) is 0. The Hall–Kier alpha value is -3.79. The highest BCUT2D eigenvalue weighted by atomic mass is 16.3. The summed E-state index contributed by atoms with van der Waals surface area (Å²) in [6, 6.07) is 15.7. The summed E-state index contributed by atoms with van der Waals surface area (Å²) in [6.45, 7) is 8.72. The third-order valence-electron chi connectivity index (χ3n) is 6.89. The fourth-order valence-electron chi connectivity index (χ4n) is 4.98. The lowest BCUT2D eigenvalue weighted by Gasteiger charge is -2.29. The van der Waals surface area contributed by atoms with Crippen molar-refractivity contribution in [2.24, 2.45) is 0 Å². The maximum Gasteiger partial charge on any atom is 0.255 e. The van der Waals surface area contributed by atoms with Crippen molar-refractivity contribution in [2.75, 3.05) is 25.0 Å². The molecule has 0 spiro atoms. The van der Waals surface area contributed by atoms with Crippen molar-refractivity contribution in [1.82, 2.24) is 29.7 Å². The van der Waals surface area contributed by atoms with E-state index in [2.05, 4.69) is 61.0 Å². The lowest BCUT2D eigenvalue weighted by molar-refractivity contribution is 0.102. The molecule has 2 heterocycles. The van der Waals surface area contributed by atoms with Gasteiger partial charge in [0.15, 0.2) is 0 Å². The molecular weight excluding hydrogens is 502 g/mol. The monoisotopic (exact) mass is 543 g/mol. The van der Waals surface area contributed by atoms with Crippen LogP contribution in [0.1, 0.15) is 72.3 Å². The molecule has 1 atom stereocenters. The van der Waals surface area contributed by atoms with Crippen molar-refractivity contribution < 1.29 is 9.90 Å². The van der Waals surface area contributed by atoms with Crippen LogP contribution < -0.4 is 5.32 Å². The van der Waals surface area contributed by atoms with Crippen molar-refractivity contribution in [2.45, 2.75) is 58.8 Å². The van der Waals surface area contributed by atoms with Crippen LogP contribution in [-0.4, -0.2) is 60.4 Å². The van der Waals surface area contributed by atoms with Crippen LogP contribution in [-0.2, 0) is 19.6 Å². The summed E-state index contributed by atoms with van der Waals surface area (Å²) in [6.07, 6.45) is 9.86. The number of imidazole rings is 2. The number of rotatable bonds is 16. The quantitative estimate of drug-likeness (QED) is 0.156. The van der Waals surface area contributed by atoms with Crippen molar-refractivity contribution in [1.29, 1.82) is 0 Å². The number of aliphatic hydroxyl groups is 1. The first-order chi connectivity index (χ1) is 19.6. The molecule has 1 unspecified atom stereocenters. The van der Waals surface area contributed by atoms with Crippen LogP contribution in [0.4, 0.5) is 5.69 Å². The van der Waals surface area contributed by atoms with Gasteiger partial charge in [0.2, 0.25) is 0 Å². The topological polar surface area (TPSA) is 113 Å². The molecule has 4 aromatic rings. The minimum Gasteiger partial charge on any atom is -0.396 e. The molecule has 0 saturated carbocycles. The van der Waals surface area contributed by atoms with Crippen molar-refractivity contribution in [3.63, 3.8) is 0 Å². The Bertz CT molecular complexity index is 1250. The van der Waals surface area contributed by atoms with Crippen LogP contribution in [0.15, 0.2) is 73.3 Å². The van der Waals surface area contributed by atoms with Crippen LogP contribution >= 0.6 is 0 Å². The Morgan fingerprint density at radius 3 is 2.12 bits per heavy atom. The molecule has 4 rings (SSSR count). The number of nitrogens with zero attached hydrogens (tertiary/aromatic N) is 4. The number of aliphatic hydroxyl groups excluding tert-OH is 1. The first-order valence-electron chi connectivity index (χ1n) is 14.1. The van der Waals surface area contributed by atoms with Crippen LogP contribution in [0.25, 0.3) is 0 Å². The normalized spacial score (nSPS) is 12.2. The molecule has 0 aliphatic heterocycles. The van der Waals surface area contributed by atoms with E-state index in [1.807, 2.05) is 36.4 Å². The van der Waals surface area contributed by atoms with Gasteiger partial charge >= 0.3 is 0 Å². The molecule has 0 aliphatic rings. The average molecular weight is 544 g/mol. The molecule has 0 fully saturated rings. The number of amides is 1. The number of anilines is 1. The summed E-state index contributed by atoms with van der Waals surface area (Å²) in [5.74, 6) is 1.49. The molecule has 212 valence electrons. The summed E-state index contributed by atoms with van der Waals surface area (Å²) in [5.41, 5.74) is 3.67. The number of carbonyl (C=O) groups is 1. The molecular formula is C31H41N7O2. The second-order valence-electron chi connectivity index (χ2n) is 10.1. The van der Waals surface area contributed by atoms with Gasteiger partial charge in [0.25, 0.3) is 5.91 Å². The fourth-order valence-corrected chi connectivity index (χ4v) is 4.98. The predicted molar refractivity (Wildman–Crippen MR) is 158 cm³/mol. The molecule has 40 heavy (non-hydrogen) atoms. The molecule has 2 aromatic heterocycles. The summed E-state index contributed by atoms with van der Waals surface area (Å²) >= 11 is 0. The zero-order valence-corrected chi connectivity index (χ0v) is 23.5. The molecule has 4 N–H and O–H groups in total. The van der Waals surface area contributed by atoms with Gasteiger partial charge < -0.3 is 20.4 Å². The van der Waals surface area contributed by atoms with Gasteiger partial charge in [0, 0.05) is 55.7 Å². The molecule has 0 saturated heterocycles. The Labute approximate surface area is 236 Å². The Morgan fingerprint density at radius 2 is 1.52 bits per heavy atom. The highest BCUT2D eigenvalue weighted by Crippen LogP contribution is 2.25. The summed E-state index contributed by atoms with van der Waals surface area (Å²) < 4.78 is 0. The van der Waals surface area contributed by atoms with Gasteiger partial charge in [-0.3, -0.25) is 14.6 Å². The zero-order valence-electron chi connectivity index (χ0n) is 23.5. The van der Waals surface area contributed by atoms with Gasteiger partial charge in [-0.2, -0.15) is 0 Å². The SMILES string of the molecule is CCCN(CCC)Cc1ccc(NC(=O)c2ccc(CN(Cc3ncc[nH]3)C(CCO)c3ncc[nH]3)cc2)cc1. The van der Waals surface area contributed by atoms with Crippen LogP contribution in [0.2, 0.25) is 0 Å². The highest BCUT2D eigenvalue weighted by Gasteiger charge is 2.23. The zero-order chi connectivity index (χ0) is 28.2. The van der Waals surface area contributed by atoms with Gasteiger partial charge in [0.05, 0.1) is 12.6 Å². The second-order valence-corrected chi connectivity index (χ2v) is 10.1. The number of hydrogen-bond acceptors (Lipinski definition) is 6. The smallest absolute Gasteiger partial charge is 0.255 e. The number of aromatic amines is 2. The largest absolute Gasteiger partial charge is 0.396 e. The molecule has 1 amide bonds. The molecule has 0 aliphatic carbocycles. The number of benzene rings is 2. The second kappa shape index (κ2) is 15.1. The summed E-state index contributed by atoms with van der Waals surface area (Å²) in [5, 5.41) is 12.8. The molecule has 0 radical (unpaired) electrons. The van der Waals surface area contributed by atoms with Crippen molar-refractivity contribution >= 4 is 11.6 Å². The van der Waals surface area contributed by atoms with E-state index in [1.165, 1.54) is 5.56 Å². The number of aromatic nitrogens is 4. The minimum absolute atomic E-state index is 0.0375. The molecule has 9 nitrogen and oxygen atoms in total. The predicted octanol–water partition coefficient (Wildman–Crippen LogP) is 5.13. The maximum atomic E-state index is 13.0. The Kier molecular flexibility index (Phi) is 11.0. The van der Waals surface area contributed by atoms with E-state index in [9.17, 15) is 9.90 Å². The van der Waals surface area contributed by atoms with E-state index in [-0.39, 0.29) is 18.6 Å². The fraction of sp³-hybridized carbons (Fsp3) is 0.387. The van der Waals surface area contributed by atoms with E-state index >= 15 is 0 Å². The third kappa shape index (κ3) is 8.35. The standard InChI is InChI=1S/C31H41N7O2/c1-3-18-37(19-4-2)21-24-7-11-27(12-8-24)36-31(40)26-9-5-25(6-10-26)22-38(23-29-32-14-15-33-29)28(13-20-39)30-34-16-17-35-30/h5-12,14-17,28,39H,3-4,13,18-23H2,1-2H3,(H,32,33)(H,34,35)(H,36,40). The van der Waals surface area contributed by atoms with E-state index in [0.29, 0.717) is 25.1 Å². The number of nitrogens with one attached hydrogen (secondary N) is 3. The molecule has 9 heteroatoms. The maximum absolute atomic E-state index is 13.0. The molecule has 0 bridgehead atoms. The van der Waals surface area contributed by atoms with Gasteiger partial charge in [-0.1, -0.05) is 38.1 Å². The Morgan fingerprint density at radius 1 is 0.875 bits per heavy atom. The van der Waals surface area contributed by atoms with Crippen molar-refractivity contribution in [3.05, 3.63) is 102 Å². The van der Waals surface area contributed by atoms with E-state index in [4.69, 9.17) is 0 Å². The summed E-state index contributed by atoms with van der Waals surface area (Å²) in [4.78, 5) is 32.8. The third-order valence-corrected chi connectivity index (χ3v) is 6.89. The van der Waals surface area contributed by atoms with Crippen LogP contribution in [0, 0.1) is 0 Å². The minimum atomic E-state index is -0.140. The average Bonchev–Trinajstić information content (AvgIpc) is 3.68. The van der Waals surface area contributed by atoms with E-state index in [1.54, 1.807) is 24.8 Å². The lowest BCUT2D eigenvalue weighted by Crippen LogP contribution is -2.30. The van der Waals surface area contributed by atoms with E-state index < -0.39 is 0 Å². The Balaban J connectivity index is 1.40. The highest BCUT2D eigenvalue weighted by molar-refractivity contribution is 6.04.